The first kappa shape index (κ1) is 29.1. The fourth-order valence-electron chi connectivity index (χ4n) is 4.12. The SMILES string of the molecule is CCN(C(=O)OCc1cc(Cl)cc(Cl)c1)c1c(-c2cc(CC(=O)O)ccc2OC)ccc(C(F)(F)F)c1C. The average molecular weight is 570 g/mol. The van der Waals surface area contributed by atoms with Gasteiger partial charge in [0.1, 0.15) is 12.4 Å². The fourth-order valence-corrected chi connectivity index (χ4v) is 4.69. The second-order valence-corrected chi connectivity index (χ2v) is 9.19. The molecule has 0 heterocycles. The highest BCUT2D eigenvalue weighted by molar-refractivity contribution is 6.34. The van der Waals surface area contributed by atoms with Crippen molar-refractivity contribution in [1.29, 1.82) is 0 Å². The Morgan fingerprint density at radius 1 is 0.974 bits per heavy atom. The Balaban J connectivity index is 2.15. The maximum atomic E-state index is 13.9. The molecular weight excluding hydrogens is 546 g/mol. The van der Waals surface area contributed by atoms with Gasteiger partial charge < -0.3 is 14.6 Å². The van der Waals surface area contributed by atoms with Gasteiger partial charge >= 0.3 is 18.2 Å². The van der Waals surface area contributed by atoms with E-state index in [1.54, 1.807) is 25.1 Å². The Morgan fingerprint density at radius 2 is 1.63 bits per heavy atom. The highest BCUT2D eigenvalue weighted by Gasteiger charge is 2.36. The molecule has 0 bridgehead atoms. The Kier molecular flexibility index (Phi) is 9.17. The third kappa shape index (κ3) is 6.71. The predicted octanol–water partition coefficient (Wildman–Crippen LogP) is 7.79. The van der Waals surface area contributed by atoms with Gasteiger partial charge in [0, 0.05) is 27.7 Å². The number of benzene rings is 3. The molecule has 0 unspecified atom stereocenters. The van der Waals surface area contributed by atoms with Crippen LogP contribution in [0.15, 0.2) is 48.5 Å². The second kappa shape index (κ2) is 12.0. The number of carbonyl (C=O) groups is 2. The van der Waals surface area contributed by atoms with Gasteiger partial charge in [-0.3, -0.25) is 9.69 Å². The number of methoxy groups -OCH3 is 1. The Labute approximate surface area is 227 Å². The minimum atomic E-state index is -4.69. The van der Waals surface area contributed by atoms with E-state index in [1.807, 2.05) is 0 Å². The molecule has 0 aliphatic heterocycles. The maximum Gasteiger partial charge on any atom is 0.416 e. The van der Waals surface area contributed by atoms with Crippen LogP contribution in [0, 0.1) is 6.92 Å². The number of aliphatic carboxylic acids is 1. The fraction of sp³-hybridized carbons (Fsp3) is 0.259. The molecule has 0 atom stereocenters. The number of carboxylic acids is 1. The number of ether oxygens (including phenoxy) is 2. The number of hydrogen-bond donors (Lipinski definition) is 1. The van der Waals surface area contributed by atoms with Crippen LogP contribution in [0.25, 0.3) is 11.1 Å². The van der Waals surface area contributed by atoms with Gasteiger partial charge in [-0.05, 0) is 66.9 Å². The monoisotopic (exact) mass is 569 g/mol. The van der Waals surface area contributed by atoms with E-state index in [0.717, 1.165) is 11.0 Å². The summed E-state index contributed by atoms with van der Waals surface area (Å²) < 4.78 is 52.5. The molecular formula is C27H24Cl2F3NO5. The second-order valence-electron chi connectivity index (χ2n) is 8.31. The Bertz CT molecular complexity index is 1340. The van der Waals surface area contributed by atoms with Crippen LogP contribution in [-0.2, 0) is 28.7 Å². The molecule has 38 heavy (non-hydrogen) atoms. The lowest BCUT2D eigenvalue weighted by Crippen LogP contribution is -2.33. The zero-order valence-corrected chi connectivity index (χ0v) is 22.2. The molecule has 202 valence electrons. The summed E-state index contributed by atoms with van der Waals surface area (Å²) in [6, 6.07) is 11.4. The summed E-state index contributed by atoms with van der Waals surface area (Å²) in [4.78, 5) is 25.6. The summed E-state index contributed by atoms with van der Waals surface area (Å²) in [5.74, 6) is -0.789. The van der Waals surface area contributed by atoms with Crippen LogP contribution in [0.3, 0.4) is 0 Å². The number of alkyl halides is 3. The highest BCUT2D eigenvalue weighted by Crippen LogP contribution is 2.44. The molecule has 3 aromatic rings. The van der Waals surface area contributed by atoms with Gasteiger partial charge in [0.15, 0.2) is 0 Å². The average Bonchev–Trinajstić information content (AvgIpc) is 2.82. The van der Waals surface area contributed by atoms with Gasteiger partial charge in [-0.2, -0.15) is 13.2 Å². The van der Waals surface area contributed by atoms with Crippen LogP contribution in [0.2, 0.25) is 10.0 Å². The number of hydrogen-bond acceptors (Lipinski definition) is 4. The smallest absolute Gasteiger partial charge is 0.416 e. The van der Waals surface area contributed by atoms with E-state index in [4.69, 9.17) is 32.7 Å². The summed E-state index contributed by atoms with van der Waals surface area (Å²) in [5.41, 5.74) is 0.295. The summed E-state index contributed by atoms with van der Waals surface area (Å²) in [5, 5.41) is 9.89. The number of halogens is 5. The number of carboxylic acid groups (broad SMARTS) is 1. The molecule has 1 amide bonds. The van der Waals surface area contributed by atoms with Crippen molar-refractivity contribution < 1.29 is 37.3 Å². The summed E-state index contributed by atoms with van der Waals surface area (Å²) in [7, 11) is 1.38. The third-order valence-electron chi connectivity index (χ3n) is 5.74. The Morgan fingerprint density at radius 3 is 2.18 bits per heavy atom. The van der Waals surface area contributed by atoms with Crippen molar-refractivity contribution in [3.8, 4) is 16.9 Å². The highest BCUT2D eigenvalue weighted by atomic mass is 35.5. The van der Waals surface area contributed by atoms with Crippen LogP contribution >= 0.6 is 23.2 Å². The van der Waals surface area contributed by atoms with Crippen LogP contribution in [0.1, 0.15) is 29.2 Å². The van der Waals surface area contributed by atoms with Crippen LogP contribution < -0.4 is 9.64 Å². The van der Waals surface area contributed by atoms with Gasteiger partial charge in [0.2, 0.25) is 0 Å². The number of amides is 1. The molecule has 3 rings (SSSR count). The standard InChI is InChI=1S/C27H24Cl2F3NO5/c1-4-33(26(36)38-14-17-9-18(28)13-19(29)10-17)25-15(2)22(27(30,31)32)7-6-20(25)21-11-16(12-24(34)35)5-8-23(21)37-3/h5-11,13H,4,12,14H2,1-3H3,(H,34,35). The first-order valence-corrected chi connectivity index (χ1v) is 12.1. The van der Waals surface area contributed by atoms with Crippen LogP contribution in [0.4, 0.5) is 23.7 Å². The lowest BCUT2D eigenvalue weighted by molar-refractivity contribution is -0.138. The van der Waals surface area contributed by atoms with Gasteiger partial charge in [-0.15, -0.1) is 0 Å². The van der Waals surface area contributed by atoms with E-state index >= 15 is 0 Å². The van der Waals surface area contributed by atoms with Crippen LogP contribution in [-0.4, -0.2) is 30.8 Å². The normalized spacial score (nSPS) is 11.3. The first-order valence-electron chi connectivity index (χ1n) is 11.3. The van der Waals surface area contributed by atoms with Crippen LogP contribution in [0.5, 0.6) is 5.75 Å². The molecule has 0 aromatic heterocycles. The summed E-state index contributed by atoms with van der Waals surface area (Å²) in [6.45, 7) is 2.61. The third-order valence-corrected chi connectivity index (χ3v) is 6.17. The van der Waals surface area contributed by atoms with E-state index in [1.165, 1.54) is 38.3 Å². The minimum Gasteiger partial charge on any atom is -0.496 e. The number of carbonyl (C=O) groups excluding carboxylic acids is 1. The number of anilines is 1. The molecule has 0 saturated heterocycles. The van der Waals surface area contributed by atoms with Crippen molar-refractivity contribution in [1.82, 2.24) is 0 Å². The molecule has 0 saturated carbocycles. The zero-order valence-electron chi connectivity index (χ0n) is 20.7. The first-order chi connectivity index (χ1) is 17.8. The topological polar surface area (TPSA) is 76.1 Å². The lowest BCUT2D eigenvalue weighted by Gasteiger charge is -2.28. The van der Waals surface area contributed by atoms with Crippen molar-refractivity contribution in [2.45, 2.75) is 33.1 Å². The molecule has 0 aliphatic carbocycles. The van der Waals surface area contributed by atoms with Crippen molar-refractivity contribution in [2.75, 3.05) is 18.6 Å². The van der Waals surface area contributed by atoms with E-state index in [9.17, 15) is 27.9 Å². The molecule has 0 spiro atoms. The predicted molar refractivity (Wildman–Crippen MR) is 139 cm³/mol. The molecule has 0 aliphatic rings. The van der Waals surface area contributed by atoms with Crippen molar-refractivity contribution in [3.63, 3.8) is 0 Å². The van der Waals surface area contributed by atoms with E-state index in [-0.39, 0.29) is 42.1 Å². The molecule has 3 aromatic carbocycles. The lowest BCUT2D eigenvalue weighted by atomic mass is 9.93. The Hall–Kier alpha value is -3.43. The quantitative estimate of drug-likeness (QED) is 0.299. The molecule has 1 N–H and O–H groups in total. The molecule has 6 nitrogen and oxygen atoms in total. The molecule has 0 fully saturated rings. The van der Waals surface area contributed by atoms with Gasteiger partial charge in [0.25, 0.3) is 0 Å². The minimum absolute atomic E-state index is 0.0264. The van der Waals surface area contributed by atoms with E-state index in [0.29, 0.717) is 26.7 Å². The van der Waals surface area contributed by atoms with Crippen molar-refractivity contribution >= 4 is 41.0 Å². The molecule has 0 radical (unpaired) electrons. The van der Waals surface area contributed by atoms with Crippen molar-refractivity contribution in [2.24, 2.45) is 0 Å². The summed E-state index contributed by atoms with van der Waals surface area (Å²) in [6.07, 6.45) is -5.89. The maximum absolute atomic E-state index is 13.9. The van der Waals surface area contributed by atoms with E-state index in [2.05, 4.69) is 0 Å². The van der Waals surface area contributed by atoms with Gasteiger partial charge in [-0.25, -0.2) is 4.79 Å². The van der Waals surface area contributed by atoms with Crippen molar-refractivity contribution in [3.05, 3.63) is 80.8 Å². The number of rotatable bonds is 8. The van der Waals surface area contributed by atoms with Gasteiger partial charge in [0.05, 0.1) is 24.8 Å². The number of nitrogens with zero attached hydrogens (tertiary/aromatic N) is 1. The largest absolute Gasteiger partial charge is 0.496 e. The molecule has 11 heteroatoms. The zero-order chi connectivity index (χ0) is 28.2. The van der Waals surface area contributed by atoms with E-state index < -0.39 is 23.8 Å². The summed E-state index contributed by atoms with van der Waals surface area (Å²) >= 11 is 12.0. The van der Waals surface area contributed by atoms with Gasteiger partial charge in [-0.1, -0.05) is 35.3 Å².